The quantitative estimate of drug-likeness (QED) is 0.846. The zero-order valence-corrected chi connectivity index (χ0v) is 14.7. The van der Waals surface area contributed by atoms with Crippen molar-refractivity contribution >= 4 is 23.6 Å². The van der Waals surface area contributed by atoms with Crippen LogP contribution < -0.4 is 5.32 Å². The molecule has 1 saturated heterocycles. The number of ether oxygens (including phenoxy) is 1. The third-order valence-electron chi connectivity index (χ3n) is 3.91. The topological polar surface area (TPSA) is 61.9 Å². The van der Waals surface area contributed by atoms with Gasteiger partial charge in [0, 0.05) is 37.7 Å². The second-order valence-electron chi connectivity index (χ2n) is 5.69. The van der Waals surface area contributed by atoms with Gasteiger partial charge in [-0.3, -0.25) is 9.69 Å². The van der Waals surface area contributed by atoms with Crippen LogP contribution in [0.4, 0.5) is 4.79 Å². The minimum atomic E-state index is -0.274. The van der Waals surface area contributed by atoms with Gasteiger partial charge in [-0.25, -0.2) is 4.79 Å². The van der Waals surface area contributed by atoms with Crippen LogP contribution in [0.5, 0.6) is 0 Å². The number of carbonyl (C=O) groups excluding carboxylic acids is 2. The van der Waals surface area contributed by atoms with Crippen molar-refractivity contribution in [2.45, 2.75) is 13.3 Å². The summed E-state index contributed by atoms with van der Waals surface area (Å²) in [6.45, 7) is 5.69. The van der Waals surface area contributed by atoms with Crippen molar-refractivity contribution in [3.05, 3.63) is 34.9 Å². The molecule has 0 bridgehead atoms. The van der Waals surface area contributed by atoms with Gasteiger partial charge in [-0.2, -0.15) is 0 Å². The predicted octanol–water partition coefficient (Wildman–Crippen LogP) is 1.77. The molecule has 7 heteroatoms. The average molecular weight is 354 g/mol. The normalized spacial score (nSPS) is 15.2. The number of rotatable bonds is 6. The molecule has 1 heterocycles. The highest BCUT2D eigenvalue weighted by atomic mass is 35.5. The van der Waals surface area contributed by atoms with Crippen LogP contribution in [0.15, 0.2) is 24.3 Å². The Morgan fingerprint density at radius 2 is 1.83 bits per heavy atom. The maximum absolute atomic E-state index is 12.0. The van der Waals surface area contributed by atoms with E-state index in [1.165, 1.54) is 0 Å². The molecule has 0 radical (unpaired) electrons. The van der Waals surface area contributed by atoms with Crippen molar-refractivity contribution < 1.29 is 14.3 Å². The van der Waals surface area contributed by atoms with E-state index in [2.05, 4.69) is 5.32 Å². The molecule has 1 aliphatic heterocycles. The van der Waals surface area contributed by atoms with Crippen LogP contribution in [-0.4, -0.2) is 67.7 Å². The number of nitrogens with one attached hydrogen (secondary N) is 1. The Morgan fingerprint density at radius 3 is 2.46 bits per heavy atom. The number of halogens is 1. The molecule has 2 rings (SSSR count). The van der Waals surface area contributed by atoms with E-state index in [-0.39, 0.29) is 12.0 Å². The van der Waals surface area contributed by atoms with Gasteiger partial charge in [0.15, 0.2) is 0 Å². The molecule has 0 atom stereocenters. The molecule has 1 fully saturated rings. The fourth-order valence-corrected chi connectivity index (χ4v) is 2.69. The Balaban J connectivity index is 1.63. The molecular weight excluding hydrogens is 330 g/mol. The molecule has 132 valence electrons. The molecule has 1 N–H and O–H groups in total. The summed E-state index contributed by atoms with van der Waals surface area (Å²) in [5, 5.41) is 3.64. The van der Waals surface area contributed by atoms with E-state index >= 15 is 0 Å². The van der Waals surface area contributed by atoms with E-state index in [0.717, 1.165) is 12.0 Å². The molecule has 2 amide bonds. The Hall–Kier alpha value is -1.79. The predicted molar refractivity (Wildman–Crippen MR) is 93.2 cm³/mol. The van der Waals surface area contributed by atoms with Crippen molar-refractivity contribution in [2.24, 2.45) is 0 Å². The van der Waals surface area contributed by atoms with Gasteiger partial charge in [-0.05, 0) is 31.0 Å². The number of amides is 2. The minimum Gasteiger partial charge on any atom is -0.450 e. The van der Waals surface area contributed by atoms with E-state index in [1.54, 1.807) is 11.8 Å². The summed E-state index contributed by atoms with van der Waals surface area (Å²) in [6, 6.07) is 7.62. The summed E-state index contributed by atoms with van der Waals surface area (Å²) in [6.07, 6.45) is 0.504. The molecule has 0 unspecified atom stereocenters. The second kappa shape index (κ2) is 9.49. The zero-order valence-electron chi connectivity index (χ0n) is 14.0. The van der Waals surface area contributed by atoms with Crippen LogP contribution in [0.25, 0.3) is 0 Å². The second-order valence-corrected chi connectivity index (χ2v) is 6.12. The zero-order chi connectivity index (χ0) is 17.4. The first kappa shape index (κ1) is 18.5. The first-order valence-corrected chi connectivity index (χ1v) is 8.61. The van der Waals surface area contributed by atoms with Gasteiger partial charge >= 0.3 is 6.09 Å². The summed E-state index contributed by atoms with van der Waals surface area (Å²) >= 11 is 5.84. The largest absolute Gasteiger partial charge is 0.450 e. The Labute approximate surface area is 147 Å². The minimum absolute atomic E-state index is 0.00792. The highest BCUT2D eigenvalue weighted by molar-refractivity contribution is 6.30. The van der Waals surface area contributed by atoms with E-state index in [4.69, 9.17) is 16.3 Å². The fraction of sp³-hybridized carbons (Fsp3) is 0.529. The van der Waals surface area contributed by atoms with Gasteiger partial charge in [0.1, 0.15) is 0 Å². The average Bonchev–Trinajstić information content (AvgIpc) is 2.57. The van der Waals surface area contributed by atoms with Crippen LogP contribution in [0.1, 0.15) is 12.5 Å². The first-order valence-electron chi connectivity index (χ1n) is 8.23. The fourth-order valence-electron chi connectivity index (χ4n) is 2.56. The monoisotopic (exact) mass is 353 g/mol. The highest BCUT2D eigenvalue weighted by Gasteiger charge is 2.22. The third-order valence-corrected chi connectivity index (χ3v) is 4.17. The van der Waals surface area contributed by atoms with Gasteiger partial charge in [0.2, 0.25) is 5.91 Å². The van der Waals surface area contributed by atoms with Crippen LogP contribution in [0.2, 0.25) is 5.02 Å². The summed E-state index contributed by atoms with van der Waals surface area (Å²) in [7, 11) is 0. The molecule has 0 saturated carbocycles. The summed E-state index contributed by atoms with van der Waals surface area (Å²) in [5.74, 6) is 0.00792. The Kier molecular flexibility index (Phi) is 7.34. The number of nitrogens with zero attached hydrogens (tertiary/aromatic N) is 2. The molecule has 24 heavy (non-hydrogen) atoms. The third kappa shape index (κ3) is 6.02. The molecule has 1 aromatic rings. The molecule has 0 aliphatic carbocycles. The number of benzene rings is 1. The van der Waals surface area contributed by atoms with Crippen molar-refractivity contribution in [1.82, 2.24) is 15.1 Å². The first-order chi connectivity index (χ1) is 11.6. The summed E-state index contributed by atoms with van der Waals surface area (Å²) < 4.78 is 4.98. The lowest BCUT2D eigenvalue weighted by molar-refractivity contribution is -0.122. The SMILES string of the molecule is CCOC(=O)N1CCN(CC(=O)NCCc2ccc(Cl)cc2)CC1. The van der Waals surface area contributed by atoms with Crippen LogP contribution in [0.3, 0.4) is 0 Å². The number of hydrogen-bond acceptors (Lipinski definition) is 4. The molecular formula is C17H24ClN3O3. The highest BCUT2D eigenvalue weighted by Crippen LogP contribution is 2.09. The molecule has 0 aromatic heterocycles. The lowest BCUT2D eigenvalue weighted by atomic mass is 10.1. The number of piperazine rings is 1. The van der Waals surface area contributed by atoms with E-state index in [1.807, 2.05) is 29.2 Å². The van der Waals surface area contributed by atoms with Crippen molar-refractivity contribution in [1.29, 1.82) is 0 Å². The van der Waals surface area contributed by atoms with Crippen molar-refractivity contribution in [2.75, 3.05) is 45.9 Å². The lowest BCUT2D eigenvalue weighted by Gasteiger charge is -2.33. The van der Waals surface area contributed by atoms with Gasteiger partial charge in [-0.1, -0.05) is 23.7 Å². The van der Waals surface area contributed by atoms with E-state index in [0.29, 0.717) is 50.9 Å². The summed E-state index contributed by atoms with van der Waals surface area (Å²) in [4.78, 5) is 27.3. The van der Waals surface area contributed by atoms with E-state index in [9.17, 15) is 9.59 Å². The maximum atomic E-state index is 12.0. The number of carbonyl (C=O) groups is 2. The van der Waals surface area contributed by atoms with Gasteiger partial charge < -0.3 is 15.0 Å². The van der Waals surface area contributed by atoms with Crippen LogP contribution in [-0.2, 0) is 16.0 Å². The molecule has 0 spiro atoms. The standard InChI is InChI=1S/C17H24ClN3O3/c1-2-24-17(23)21-11-9-20(10-12-21)13-16(22)19-8-7-14-3-5-15(18)6-4-14/h3-6H,2,7-13H2,1H3,(H,19,22). The number of hydrogen-bond donors (Lipinski definition) is 1. The molecule has 1 aliphatic rings. The Morgan fingerprint density at radius 1 is 1.17 bits per heavy atom. The van der Waals surface area contributed by atoms with Crippen LogP contribution >= 0.6 is 11.6 Å². The molecule has 1 aromatic carbocycles. The van der Waals surface area contributed by atoms with Crippen LogP contribution in [0, 0.1) is 0 Å². The summed E-state index contributed by atoms with van der Waals surface area (Å²) in [5.41, 5.74) is 1.14. The lowest BCUT2D eigenvalue weighted by Crippen LogP contribution is -2.51. The van der Waals surface area contributed by atoms with Gasteiger partial charge in [0.25, 0.3) is 0 Å². The van der Waals surface area contributed by atoms with Gasteiger partial charge in [0.05, 0.1) is 13.2 Å². The van der Waals surface area contributed by atoms with Crippen molar-refractivity contribution in [3.63, 3.8) is 0 Å². The maximum Gasteiger partial charge on any atom is 0.409 e. The Bertz CT molecular complexity index is 543. The molecule has 6 nitrogen and oxygen atoms in total. The van der Waals surface area contributed by atoms with E-state index < -0.39 is 0 Å². The van der Waals surface area contributed by atoms with Crippen molar-refractivity contribution in [3.8, 4) is 0 Å². The van der Waals surface area contributed by atoms with Gasteiger partial charge in [-0.15, -0.1) is 0 Å². The smallest absolute Gasteiger partial charge is 0.409 e.